The van der Waals surface area contributed by atoms with Crippen molar-refractivity contribution in [1.29, 1.82) is 0 Å². The van der Waals surface area contributed by atoms with Crippen LogP contribution in [0.15, 0.2) is 60.9 Å². The minimum absolute atomic E-state index is 0.254. The van der Waals surface area contributed by atoms with Crippen LogP contribution in [-0.4, -0.2) is 28.2 Å². The maximum Gasteiger partial charge on any atom is 0.272 e. The van der Waals surface area contributed by atoms with E-state index < -0.39 is 0 Å². The number of rotatable bonds is 6. The average molecular weight is 335 g/mol. The molecule has 0 aliphatic carbocycles. The lowest BCUT2D eigenvalue weighted by Crippen LogP contribution is -2.24. The lowest BCUT2D eigenvalue weighted by molar-refractivity contribution is 0.0945. The van der Waals surface area contributed by atoms with Crippen molar-refractivity contribution in [3.05, 3.63) is 72.2 Å². The Morgan fingerprint density at radius 2 is 1.92 bits per heavy atom. The minimum Gasteiger partial charge on any atom is -0.497 e. The zero-order chi connectivity index (χ0) is 17.5. The van der Waals surface area contributed by atoms with E-state index in [9.17, 15) is 4.79 Å². The van der Waals surface area contributed by atoms with Gasteiger partial charge in [0.25, 0.3) is 5.91 Å². The molecule has 3 rings (SSSR count). The predicted molar refractivity (Wildman–Crippen MR) is 93.7 cm³/mol. The van der Waals surface area contributed by atoms with Crippen LogP contribution in [-0.2, 0) is 6.54 Å². The van der Waals surface area contributed by atoms with Crippen LogP contribution in [0.3, 0.4) is 0 Å². The molecule has 1 amide bonds. The molecule has 0 spiro atoms. The van der Waals surface area contributed by atoms with Crippen LogP contribution in [0.5, 0.6) is 5.75 Å². The van der Waals surface area contributed by atoms with Gasteiger partial charge in [0.15, 0.2) is 11.5 Å². The summed E-state index contributed by atoms with van der Waals surface area (Å²) < 4.78 is 5.11. The molecule has 0 radical (unpaired) electrons. The first-order valence-electron chi connectivity index (χ1n) is 7.66. The molecule has 0 atom stereocenters. The first-order valence-corrected chi connectivity index (χ1v) is 7.66. The highest BCUT2D eigenvalue weighted by Gasteiger charge is 2.08. The molecule has 126 valence electrons. The number of pyridine rings is 1. The molecule has 2 aromatic heterocycles. The van der Waals surface area contributed by atoms with E-state index in [1.165, 1.54) is 0 Å². The van der Waals surface area contributed by atoms with Crippen LogP contribution >= 0.6 is 0 Å². The summed E-state index contributed by atoms with van der Waals surface area (Å²) in [4.78, 5) is 16.1. The molecule has 0 saturated carbocycles. The van der Waals surface area contributed by atoms with Crippen molar-refractivity contribution in [2.24, 2.45) is 0 Å². The minimum atomic E-state index is -0.285. The fraction of sp³-hybridized carbons (Fsp3) is 0.111. The fourth-order valence-corrected chi connectivity index (χ4v) is 2.12. The van der Waals surface area contributed by atoms with E-state index >= 15 is 0 Å². The summed E-state index contributed by atoms with van der Waals surface area (Å²) >= 11 is 0. The number of nitrogens with zero attached hydrogens (tertiary/aromatic N) is 3. The highest BCUT2D eigenvalue weighted by Crippen LogP contribution is 2.18. The molecule has 0 unspecified atom stereocenters. The Balaban J connectivity index is 1.58. The van der Waals surface area contributed by atoms with Crippen LogP contribution in [0.25, 0.3) is 0 Å². The summed E-state index contributed by atoms with van der Waals surface area (Å²) in [5.41, 5.74) is 2.02. The van der Waals surface area contributed by atoms with Crippen LogP contribution < -0.4 is 15.4 Å². The second-order valence-corrected chi connectivity index (χ2v) is 5.20. The number of methoxy groups -OCH3 is 1. The standard InChI is InChI=1S/C18H17N5O2/c1-25-15-6-4-14(5-7-15)21-17-9-8-16(22-23-17)18(24)20-12-13-3-2-10-19-11-13/h2-11H,12H2,1H3,(H,20,24)(H,21,23). The summed E-state index contributed by atoms with van der Waals surface area (Å²) in [6.07, 6.45) is 3.39. The quantitative estimate of drug-likeness (QED) is 0.720. The van der Waals surface area contributed by atoms with Gasteiger partial charge in [0, 0.05) is 24.6 Å². The van der Waals surface area contributed by atoms with Gasteiger partial charge in [-0.15, -0.1) is 10.2 Å². The molecule has 7 nitrogen and oxygen atoms in total. The van der Waals surface area contributed by atoms with Crippen LogP contribution in [0.2, 0.25) is 0 Å². The molecule has 1 aromatic carbocycles. The maximum absolute atomic E-state index is 12.1. The van der Waals surface area contributed by atoms with Gasteiger partial charge < -0.3 is 15.4 Å². The zero-order valence-electron chi connectivity index (χ0n) is 13.6. The number of carbonyl (C=O) groups excluding carboxylic acids is 1. The van der Waals surface area contributed by atoms with Crippen molar-refractivity contribution < 1.29 is 9.53 Å². The number of ether oxygens (including phenoxy) is 1. The number of amides is 1. The number of carbonyl (C=O) groups is 1. The smallest absolute Gasteiger partial charge is 0.272 e. The maximum atomic E-state index is 12.1. The van der Waals surface area contributed by atoms with Crippen LogP contribution in [0.1, 0.15) is 16.1 Å². The topological polar surface area (TPSA) is 89.0 Å². The molecule has 7 heteroatoms. The van der Waals surface area contributed by atoms with Gasteiger partial charge in [0.1, 0.15) is 5.75 Å². The number of nitrogens with one attached hydrogen (secondary N) is 2. The molecule has 0 saturated heterocycles. The Hall–Kier alpha value is -3.48. The molecule has 0 aliphatic rings. The van der Waals surface area contributed by atoms with E-state index in [2.05, 4.69) is 25.8 Å². The Bertz CT molecular complexity index is 820. The van der Waals surface area contributed by atoms with Gasteiger partial charge in [-0.05, 0) is 48.0 Å². The lowest BCUT2D eigenvalue weighted by Gasteiger charge is -2.07. The monoisotopic (exact) mass is 335 g/mol. The highest BCUT2D eigenvalue weighted by molar-refractivity contribution is 5.92. The summed E-state index contributed by atoms with van der Waals surface area (Å²) in [5, 5.41) is 13.9. The molecule has 3 aromatic rings. The van der Waals surface area contributed by atoms with Gasteiger partial charge in [-0.3, -0.25) is 9.78 Å². The first kappa shape index (κ1) is 16.4. The van der Waals surface area contributed by atoms with Gasteiger partial charge in [0.05, 0.1) is 7.11 Å². The summed E-state index contributed by atoms with van der Waals surface area (Å²) in [7, 11) is 1.62. The molecule has 2 heterocycles. The van der Waals surface area contributed by atoms with E-state index in [1.807, 2.05) is 36.4 Å². The molecule has 0 bridgehead atoms. The van der Waals surface area contributed by atoms with Crippen molar-refractivity contribution >= 4 is 17.4 Å². The number of hydrogen-bond acceptors (Lipinski definition) is 6. The largest absolute Gasteiger partial charge is 0.497 e. The third kappa shape index (κ3) is 4.51. The predicted octanol–water partition coefficient (Wildman–Crippen LogP) is 2.55. The summed E-state index contributed by atoms with van der Waals surface area (Å²) in [6, 6.07) is 14.5. The van der Waals surface area contributed by atoms with E-state index in [0.717, 1.165) is 17.0 Å². The average Bonchev–Trinajstić information content (AvgIpc) is 2.68. The highest BCUT2D eigenvalue weighted by atomic mass is 16.5. The van der Waals surface area contributed by atoms with Gasteiger partial charge >= 0.3 is 0 Å². The van der Waals surface area contributed by atoms with E-state index in [4.69, 9.17) is 4.74 Å². The molecular formula is C18H17N5O2. The third-order valence-corrected chi connectivity index (χ3v) is 3.44. The second kappa shape index (κ2) is 7.87. The molecule has 0 aliphatic heterocycles. The normalized spacial score (nSPS) is 10.1. The Morgan fingerprint density at radius 1 is 1.08 bits per heavy atom. The van der Waals surface area contributed by atoms with Gasteiger partial charge in [-0.1, -0.05) is 6.07 Å². The molecule has 0 fully saturated rings. The number of benzene rings is 1. The SMILES string of the molecule is COc1ccc(Nc2ccc(C(=O)NCc3cccnc3)nn2)cc1. The molecular weight excluding hydrogens is 318 g/mol. The summed E-state index contributed by atoms with van der Waals surface area (Å²) in [6.45, 7) is 0.389. The van der Waals surface area contributed by atoms with Crippen molar-refractivity contribution in [2.45, 2.75) is 6.54 Å². The van der Waals surface area contributed by atoms with Gasteiger partial charge in [-0.2, -0.15) is 0 Å². The fourth-order valence-electron chi connectivity index (χ4n) is 2.12. The second-order valence-electron chi connectivity index (χ2n) is 5.20. The first-order chi connectivity index (χ1) is 12.2. The number of aromatic nitrogens is 3. The van der Waals surface area contributed by atoms with Crippen LogP contribution in [0, 0.1) is 0 Å². The van der Waals surface area contributed by atoms with Crippen molar-refractivity contribution in [1.82, 2.24) is 20.5 Å². The van der Waals surface area contributed by atoms with E-state index in [-0.39, 0.29) is 11.6 Å². The lowest BCUT2D eigenvalue weighted by atomic mass is 10.2. The van der Waals surface area contributed by atoms with Crippen LogP contribution in [0.4, 0.5) is 11.5 Å². The Morgan fingerprint density at radius 3 is 2.56 bits per heavy atom. The van der Waals surface area contributed by atoms with Crippen molar-refractivity contribution in [2.75, 3.05) is 12.4 Å². The van der Waals surface area contributed by atoms with E-state index in [1.54, 1.807) is 31.6 Å². The van der Waals surface area contributed by atoms with Gasteiger partial charge in [-0.25, -0.2) is 0 Å². The summed E-state index contributed by atoms with van der Waals surface area (Å²) in [5.74, 6) is 1.04. The Kier molecular flexibility index (Phi) is 5.16. The number of anilines is 2. The number of hydrogen-bond donors (Lipinski definition) is 2. The third-order valence-electron chi connectivity index (χ3n) is 3.44. The zero-order valence-corrected chi connectivity index (χ0v) is 13.6. The van der Waals surface area contributed by atoms with E-state index in [0.29, 0.717) is 12.4 Å². The van der Waals surface area contributed by atoms with Gasteiger partial charge in [0.2, 0.25) is 0 Å². The Labute approximate surface area is 145 Å². The van der Waals surface area contributed by atoms with Crippen molar-refractivity contribution in [3.63, 3.8) is 0 Å². The van der Waals surface area contributed by atoms with Crippen molar-refractivity contribution in [3.8, 4) is 5.75 Å². The molecule has 25 heavy (non-hydrogen) atoms. The molecule has 2 N–H and O–H groups in total.